The fraction of sp³-hybridized carbons (Fsp3) is 0.323. The zero-order valence-corrected chi connectivity index (χ0v) is 23.7. The van der Waals surface area contributed by atoms with Crippen LogP contribution in [0, 0.1) is 17.0 Å². The van der Waals surface area contributed by atoms with Gasteiger partial charge in [-0.3, -0.25) is 14.5 Å². The number of amides is 2. The van der Waals surface area contributed by atoms with Crippen molar-refractivity contribution in [3.05, 3.63) is 72.6 Å². The first-order chi connectivity index (χ1) is 21.4. The molecule has 0 spiro atoms. The third-order valence-corrected chi connectivity index (χ3v) is 7.49. The Kier molecular flexibility index (Phi) is 8.57. The summed E-state index contributed by atoms with van der Waals surface area (Å²) in [7, 11) is 0. The van der Waals surface area contributed by atoms with E-state index in [0.717, 1.165) is 45.3 Å². The molecule has 2 aliphatic rings. The highest BCUT2D eigenvalue weighted by atomic mass is 19.1. The Bertz CT molecular complexity index is 1660. The molecule has 2 fully saturated rings. The third kappa shape index (κ3) is 6.74. The first kappa shape index (κ1) is 29.3. The first-order valence-corrected chi connectivity index (χ1v) is 14.3. The van der Waals surface area contributed by atoms with E-state index in [4.69, 9.17) is 14.2 Å². The van der Waals surface area contributed by atoms with Crippen molar-refractivity contribution in [1.82, 2.24) is 19.9 Å². The number of rotatable bonds is 11. The van der Waals surface area contributed by atoms with E-state index in [1.807, 2.05) is 0 Å². The summed E-state index contributed by atoms with van der Waals surface area (Å²) in [6.45, 7) is 4.63. The molecule has 1 saturated carbocycles. The Morgan fingerprint density at radius 2 is 1.66 bits per heavy atom. The minimum atomic E-state index is -1.28. The van der Waals surface area contributed by atoms with Gasteiger partial charge in [0.25, 0.3) is 0 Å². The van der Waals surface area contributed by atoms with E-state index < -0.39 is 28.9 Å². The zero-order chi connectivity index (χ0) is 30.5. The van der Waals surface area contributed by atoms with Gasteiger partial charge >= 0.3 is 0 Å². The molecule has 44 heavy (non-hydrogen) atoms. The molecule has 3 heterocycles. The molecule has 6 rings (SSSR count). The quantitative estimate of drug-likeness (QED) is 0.187. The summed E-state index contributed by atoms with van der Waals surface area (Å²) >= 11 is 0. The molecule has 2 N–H and O–H groups in total. The lowest BCUT2D eigenvalue weighted by Gasteiger charge is -2.26. The van der Waals surface area contributed by atoms with Gasteiger partial charge in [-0.25, -0.2) is 23.7 Å². The summed E-state index contributed by atoms with van der Waals surface area (Å²) in [6.07, 6.45) is 4.45. The van der Waals surface area contributed by atoms with Crippen molar-refractivity contribution in [2.45, 2.75) is 19.3 Å². The van der Waals surface area contributed by atoms with Crippen LogP contribution in [0.5, 0.6) is 17.4 Å². The second-order valence-corrected chi connectivity index (χ2v) is 10.6. The van der Waals surface area contributed by atoms with Crippen molar-refractivity contribution in [3.63, 3.8) is 0 Å². The van der Waals surface area contributed by atoms with Crippen molar-refractivity contribution >= 4 is 34.4 Å². The van der Waals surface area contributed by atoms with Crippen LogP contribution in [-0.4, -0.2) is 71.1 Å². The molecule has 2 aromatic heterocycles. The molecule has 1 saturated heterocycles. The standard InChI is InChI=1S/C31H30F2N6O5/c32-20-2-4-21(5-3-20)36-29(40)31(9-10-31)30(41)37-22-6-7-24(23(33)18-22)44-25-8-11-34-28-27(25)38-26(19-35-28)43-15-1-12-39-13-16-42-17-14-39/h2-8,11,18-19H,1,9-10,12-17H2,(H,36,40)(H,37,41). The summed E-state index contributed by atoms with van der Waals surface area (Å²) in [5.74, 6) is -1.82. The van der Waals surface area contributed by atoms with Crippen LogP contribution in [-0.2, 0) is 14.3 Å². The summed E-state index contributed by atoms with van der Waals surface area (Å²) < 4.78 is 45.3. The first-order valence-electron chi connectivity index (χ1n) is 14.3. The molecule has 1 aliphatic carbocycles. The number of hydrogen-bond acceptors (Lipinski definition) is 9. The SMILES string of the molecule is O=C(Nc1ccc(F)cc1)C1(C(=O)Nc2ccc(Oc3ccnc4ncc(OCCCN5CCOCC5)nc34)c(F)c2)CC1. The van der Waals surface area contributed by atoms with Crippen LogP contribution >= 0.6 is 0 Å². The van der Waals surface area contributed by atoms with E-state index in [0.29, 0.717) is 42.2 Å². The minimum Gasteiger partial charge on any atom is -0.477 e. The van der Waals surface area contributed by atoms with E-state index in [1.165, 1.54) is 48.8 Å². The van der Waals surface area contributed by atoms with Crippen molar-refractivity contribution < 1.29 is 32.6 Å². The van der Waals surface area contributed by atoms with Gasteiger partial charge < -0.3 is 24.8 Å². The lowest BCUT2D eigenvalue weighted by atomic mass is 10.0. The summed E-state index contributed by atoms with van der Waals surface area (Å²) in [6, 6.07) is 10.7. The van der Waals surface area contributed by atoms with Gasteiger partial charge in [-0.2, -0.15) is 0 Å². The fourth-order valence-corrected chi connectivity index (χ4v) is 4.82. The normalized spacial score (nSPS) is 15.9. The number of fused-ring (bicyclic) bond motifs is 1. The molecule has 228 valence electrons. The Balaban J connectivity index is 1.08. The van der Waals surface area contributed by atoms with E-state index in [-0.39, 0.29) is 17.2 Å². The lowest BCUT2D eigenvalue weighted by molar-refractivity contribution is -0.131. The number of nitrogens with one attached hydrogen (secondary N) is 2. The van der Waals surface area contributed by atoms with E-state index in [1.54, 1.807) is 6.07 Å². The number of pyridine rings is 1. The molecule has 11 nitrogen and oxygen atoms in total. The van der Waals surface area contributed by atoms with Gasteiger partial charge in [0.05, 0.1) is 26.0 Å². The number of morpholine rings is 1. The van der Waals surface area contributed by atoms with Crippen LogP contribution in [0.25, 0.3) is 11.2 Å². The van der Waals surface area contributed by atoms with Gasteiger partial charge in [0.2, 0.25) is 17.7 Å². The van der Waals surface area contributed by atoms with Gasteiger partial charge in [-0.1, -0.05) is 0 Å². The van der Waals surface area contributed by atoms with Crippen molar-refractivity contribution in [2.75, 3.05) is 50.1 Å². The lowest BCUT2D eigenvalue weighted by Crippen LogP contribution is -2.37. The highest BCUT2D eigenvalue weighted by Gasteiger charge is 2.56. The highest BCUT2D eigenvalue weighted by Crippen LogP contribution is 2.47. The number of benzene rings is 2. The van der Waals surface area contributed by atoms with E-state index in [2.05, 4.69) is 30.5 Å². The predicted molar refractivity (Wildman–Crippen MR) is 157 cm³/mol. The third-order valence-electron chi connectivity index (χ3n) is 7.49. The van der Waals surface area contributed by atoms with Crippen LogP contribution in [0.15, 0.2) is 60.9 Å². The Labute approximate surface area is 251 Å². The molecule has 0 unspecified atom stereocenters. The topological polar surface area (TPSA) is 128 Å². The fourth-order valence-electron chi connectivity index (χ4n) is 4.82. The molecule has 1 aliphatic heterocycles. The molecule has 2 aromatic carbocycles. The number of carbonyl (C=O) groups is 2. The minimum absolute atomic E-state index is 0.107. The van der Waals surface area contributed by atoms with Crippen LogP contribution in [0.2, 0.25) is 0 Å². The second-order valence-electron chi connectivity index (χ2n) is 10.6. The largest absolute Gasteiger partial charge is 0.477 e. The van der Waals surface area contributed by atoms with Crippen molar-refractivity contribution in [3.8, 4) is 17.4 Å². The highest BCUT2D eigenvalue weighted by molar-refractivity contribution is 6.16. The summed E-state index contributed by atoms with van der Waals surface area (Å²) in [4.78, 5) is 41.1. The molecule has 0 atom stereocenters. The summed E-state index contributed by atoms with van der Waals surface area (Å²) in [5.41, 5.74) is -0.137. The average Bonchev–Trinajstić information content (AvgIpc) is 3.85. The number of ether oxygens (including phenoxy) is 3. The predicted octanol–water partition coefficient (Wildman–Crippen LogP) is 4.55. The van der Waals surface area contributed by atoms with Gasteiger partial charge in [0, 0.05) is 49.3 Å². The van der Waals surface area contributed by atoms with Crippen LogP contribution in [0.4, 0.5) is 20.2 Å². The number of aromatic nitrogens is 3. The average molecular weight is 605 g/mol. The van der Waals surface area contributed by atoms with Gasteiger partial charge in [0.15, 0.2) is 28.5 Å². The molecular formula is C31H30F2N6O5. The van der Waals surface area contributed by atoms with Crippen molar-refractivity contribution in [2.24, 2.45) is 5.41 Å². The molecule has 4 aromatic rings. The number of carbonyl (C=O) groups excluding carboxylic acids is 2. The van der Waals surface area contributed by atoms with Crippen LogP contribution in [0.3, 0.4) is 0 Å². The smallest absolute Gasteiger partial charge is 0.240 e. The number of nitrogens with zero attached hydrogens (tertiary/aromatic N) is 4. The zero-order valence-electron chi connectivity index (χ0n) is 23.7. The number of halogens is 2. The molecule has 2 amide bonds. The Hall–Kier alpha value is -4.75. The maximum absolute atomic E-state index is 15.1. The van der Waals surface area contributed by atoms with Crippen LogP contribution < -0.4 is 20.1 Å². The molecular weight excluding hydrogens is 574 g/mol. The van der Waals surface area contributed by atoms with Gasteiger partial charge in [-0.15, -0.1) is 0 Å². The molecule has 13 heteroatoms. The van der Waals surface area contributed by atoms with E-state index in [9.17, 15) is 14.0 Å². The van der Waals surface area contributed by atoms with Gasteiger partial charge in [-0.05, 0) is 55.7 Å². The second kappa shape index (κ2) is 12.9. The van der Waals surface area contributed by atoms with Crippen molar-refractivity contribution in [1.29, 1.82) is 0 Å². The Morgan fingerprint density at radius 1 is 0.932 bits per heavy atom. The monoisotopic (exact) mass is 604 g/mol. The summed E-state index contributed by atoms with van der Waals surface area (Å²) in [5, 5.41) is 5.26. The maximum atomic E-state index is 15.1. The van der Waals surface area contributed by atoms with Gasteiger partial charge in [0.1, 0.15) is 11.2 Å². The number of hydrogen-bond donors (Lipinski definition) is 2. The number of anilines is 2. The van der Waals surface area contributed by atoms with E-state index >= 15 is 4.39 Å². The maximum Gasteiger partial charge on any atom is 0.240 e. The molecule has 0 bridgehead atoms. The Morgan fingerprint density at radius 3 is 2.39 bits per heavy atom. The molecule has 0 radical (unpaired) electrons. The van der Waals surface area contributed by atoms with Crippen LogP contribution in [0.1, 0.15) is 19.3 Å².